The van der Waals surface area contributed by atoms with E-state index in [0.29, 0.717) is 0 Å². The largest absolute Gasteiger partial charge is 0.381 e. The average Bonchev–Trinajstić information content (AvgIpc) is 1.89. The molecular weight excluding hydrogens is 139 g/mol. The van der Waals surface area contributed by atoms with Crippen LogP contribution in [-0.2, 0) is 4.74 Å². The summed E-state index contributed by atoms with van der Waals surface area (Å²) in [6.45, 7) is 6.28. The molecule has 2 heteroatoms. The SMILES string of the molecule is CCCCOCCCC.[AlH3]. The third-order valence-electron chi connectivity index (χ3n) is 1.28. The summed E-state index contributed by atoms with van der Waals surface area (Å²) in [4.78, 5) is 0. The van der Waals surface area contributed by atoms with Crippen LogP contribution in [-0.4, -0.2) is 30.6 Å². The molecule has 0 atom stereocenters. The van der Waals surface area contributed by atoms with Gasteiger partial charge in [-0.15, -0.1) is 0 Å². The van der Waals surface area contributed by atoms with E-state index in [0.717, 1.165) is 13.2 Å². The predicted molar refractivity (Wildman–Crippen MR) is 50.6 cm³/mol. The van der Waals surface area contributed by atoms with Gasteiger partial charge in [0, 0.05) is 13.2 Å². The van der Waals surface area contributed by atoms with Gasteiger partial charge in [-0.1, -0.05) is 26.7 Å². The molecule has 62 valence electrons. The van der Waals surface area contributed by atoms with Crippen LogP contribution in [0.25, 0.3) is 0 Å². The molecule has 1 nitrogen and oxygen atoms in total. The van der Waals surface area contributed by atoms with Gasteiger partial charge in [0.25, 0.3) is 0 Å². The minimum absolute atomic E-state index is 0. The van der Waals surface area contributed by atoms with Crippen LogP contribution in [0.1, 0.15) is 39.5 Å². The lowest BCUT2D eigenvalue weighted by molar-refractivity contribution is 0.128. The summed E-state index contributed by atoms with van der Waals surface area (Å²) in [5.74, 6) is 0. The molecule has 0 fully saturated rings. The molecule has 0 aromatic heterocycles. The van der Waals surface area contributed by atoms with Crippen molar-refractivity contribution >= 4 is 17.4 Å². The lowest BCUT2D eigenvalue weighted by atomic mass is 10.3. The van der Waals surface area contributed by atoms with Crippen LogP contribution in [0.5, 0.6) is 0 Å². The van der Waals surface area contributed by atoms with Crippen molar-refractivity contribution in [3.8, 4) is 0 Å². The Morgan fingerprint density at radius 2 is 1.30 bits per heavy atom. The molecule has 0 aromatic carbocycles. The summed E-state index contributed by atoms with van der Waals surface area (Å²) in [5, 5.41) is 0. The van der Waals surface area contributed by atoms with Crippen LogP contribution < -0.4 is 0 Å². The standard InChI is InChI=1S/C8H18O.Al.3H/c1-3-5-7-9-8-6-4-2;;;;/h3-8H2,1-2H3;;;;. The van der Waals surface area contributed by atoms with E-state index in [9.17, 15) is 0 Å². The maximum Gasteiger partial charge on any atom is 0.187 e. The Morgan fingerprint density at radius 1 is 0.900 bits per heavy atom. The fourth-order valence-corrected chi connectivity index (χ4v) is 0.595. The maximum atomic E-state index is 5.31. The highest BCUT2D eigenvalue weighted by molar-refractivity contribution is 5.75. The molecule has 0 saturated heterocycles. The van der Waals surface area contributed by atoms with E-state index in [1.54, 1.807) is 0 Å². The number of unbranched alkanes of at least 4 members (excludes halogenated alkanes) is 2. The Labute approximate surface area is 75.3 Å². The van der Waals surface area contributed by atoms with Crippen LogP contribution in [0.15, 0.2) is 0 Å². The molecule has 0 N–H and O–H groups in total. The molecule has 0 bridgehead atoms. The van der Waals surface area contributed by atoms with Crippen molar-refractivity contribution in [2.75, 3.05) is 13.2 Å². The van der Waals surface area contributed by atoms with Crippen LogP contribution in [0.4, 0.5) is 0 Å². The first-order valence-electron chi connectivity index (χ1n) is 3.99. The molecule has 0 aromatic rings. The quantitative estimate of drug-likeness (QED) is 0.422. The lowest BCUT2D eigenvalue weighted by Crippen LogP contribution is -1.95. The molecule has 0 saturated carbocycles. The lowest BCUT2D eigenvalue weighted by Gasteiger charge is -1.99. The topological polar surface area (TPSA) is 9.23 Å². The Morgan fingerprint density at radius 3 is 1.60 bits per heavy atom. The smallest absolute Gasteiger partial charge is 0.187 e. The molecule has 0 heterocycles. The van der Waals surface area contributed by atoms with E-state index in [4.69, 9.17) is 4.74 Å². The molecule has 0 spiro atoms. The average molecular weight is 160 g/mol. The highest BCUT2D eigenvalue weighted by atomic mass is 27.0. The third kappa shape index (κ3) is 11.3. The van der Waals surface area contributed by atoms with Crippen molar-refractivity contribution in [3.05, 3.63) is 0 Å². The van der Waals surface area contributed by atoms with Gasteiger partial charge < -0.3 is 4.74 Å². The first-order valence-corrected chi connectivity index (χ1v) is 3.99. The number of hydrogen-bond donors (Lipinski definition) is 0. The number of ether oxygens (including phenoxy) is 1. The fraction of sp³-hybridized carbons (Fsp3) is 1.00. The minimum atomic E-state index is 0. The van der Waals surface area contributed by atoms with Gasteiger partial charge in [0.05, 0.1) is 0 Å². The summed E-state index contributed by atoms with van der Waals surface area (Å²) < 4.78 is 5.31. The van der Waals surface area contributed by atoms with Crippen molar-refractivity contribution in [3.63, 3.8) is 0 Å². The van der Waals surface area contributed by atoms with Gasteiger partial charge in [-0.05, 0) is 12.8 Å². The molecule has 0 rings (SSSR count). The van der Waals surface area contributed by atoms with E-state index in [1.807, 2.05) is 0 Å². The van der Waals surface area contributed by atoms with Crippen LogP contribution in [0.2, 0.25) is 0 Å². The summed E-state index contributed by atoms with van der Waals surface area (Å²) in [7, 11) is 0. The Hall–Kier alpha value is 0.492. The molecular formula is C8H21AlO. The van der Waals surface area contributed by atoms with E-state index in [1.165, 1.54) is 25.7 Å². The van der Waals surface area contributed by atoms with E-state index in [2.05, 4.69) is 13.8 Å². The summed E-state index contributed by atoms with van der Waals surface area (Å²) in [6, 6.07) is 0. The molecule has 10 heavy (non-hydrogen) atoms. The molecule has 0 aliphatic rings. The van der Waals surface area contributed by atoms with Crippen LogP contribution >= 0.6 is 0 Å². The Balaban J connectivity index is 0. The van der Waals surface area contributed by atoms with Gasteiger partial charge in [0.2, 0.25) is 0 Å². The van der Waals surface area contributed by atoms with Gasteiger partial charge >= 0.3 is 0 Å². The molecule has 0 unspecified atom stereocenters. The Bertz CT molecular complexity index is 42.5. The zero-order valence-corrected chi connectivity index (χ0v) is 6.65. The number of hydrogen-bond acceptors (Lipinski definition) is 1. The highest BCUT2D eigenvalue weighted by Crippen LogP contribution is 1.91. The second-order valence-electron chi connectivity index (χ2n) is 2.32. The van der Waals surface area contributed by atoms with Gasteiger partial charge in [0.1, 0.15) is 0 Å². The number of rotatable bonds is 6. The van der Waals surface area contributed by atoms with E-state index in [-0.39, 0.29) is 17.4 Å². The van der Waals surface area contributed by atoms with Gasteiger partial charge in [-0.3, -0.25) is 0 Å². The molecule has 0 amide bonds. The zero-order chi connectivity index (χ0) is 6.95. The molecule has 0 aliphatic heterocycles. The van der Waals surface area contributed by atoms with Crippen molar-refractivity contribution in [2.24, 2.45) is 0 Å². The van der Waals surface area contributed by atoms with Gasteiger partial charge in [-0.25, -0.2) is 0 Å². The van der Waals surface area contributed by atoms with Crippen molar-refractivity contribution < 1.29 is 4.74 Å². The second kappa shape index (κ2) is 12.2. The molecule has 0 radical (unpaired) electrons. The van der Waals surface area contributed by atoms with Crippen LogP contribution in [0.3, 0.4) is 0 Å². The van der Waals surface area contributed by atoms with E-state index >= 15 is 0 Å². The normalized spacial score (nSPS) is 9.00. The summed E-state index contributed by atoms with van der Waals surface area (Å²) in [6.07, 6.45) is 4.91. The third-order valence-corrected chi connectivity index (χ3v) is 1.28. The first-order chi connectivity index (χ1) is 4.41. The monoisotopic (exact) mass is 160 g/mol. The van der Waals surface area contributed by atoms with E-state index < -0.39 is 0 Å². The Kier molecular flexibility index (Phi) is 16.0. The summed E-state index contributed by atoms with van der Waals surface area (Å²) in [5.41, 5.74) is 0. The van der Waals surface area contributed by atoms with Crippen molar-refractivity contribution in [1.29, 1.82) is 0 Å². The second-order valence-corrected chi connectivity index (χ2v) is 2.32. The fourth-order valence-electron chi connectivity index (χ4n) is 0.595. The van der Waals surface area contributed by atoms with Crippen LogP contribution in [0, 0.1) is 0 Å². The van der Waals surface area contributed by atoms with Gasteiger partial charge in [-0.2, -0.15) is 0 Å². The predicted octanol–water partition coefficient (Wildman–Crippen LogP) is 1.42. The zero-order valence-electron chi connectivity index (χ0n) is 6.65. The van der Waals surface area contributed by atoms with Gasteiger partial charge in [0.15, 0.2) is 17.4 Å². The summed E-state index contributed by atoms with van der Waals surface area (Å²) >= 11 is 0. The maximum absolute atomic E-state index is 5.31. The van der Waals surface area contributed by atoms with Crippen molar-refractivity contribution in [2.45, 2.75) is 39.5 Å². The first kappa shape index (κ1) is 13.1. The minimum Gasteiger partial charge on any atom is -0.381 e. The van der Waals surface area contributed by atoms with Crippen molar-refractivity contribution in [1.82, 2.24) is 0 Å². The highest BCUT2D eigenvalue weighted by Gasteiger charge is 1.84. The molecule has 0 aliphatic carbocycles.